The van der Waals surface area contributed by atoms with Crippen LogP contribution < -0.4 is 5.32 Å². The van der Waals surface area contributed by atoms with E-state index in [0.29, 0.717) is 18.7 Å². The number of ether oxygens (including phenoxy) is 1. The maximum Gasteiger partial charge on any atom is 0.389 e. The lowest BCUT2D eigenvalue weighted by Gasteiger charge is -2.11. The Morgan fingerprint density at radius 2 is 2.10 bits per heavy atom. The van der Waals surface area contributed by atoms with Gasteiger partial charge in [-0.3, -0.25) is 0 Å². The van der Waals surface area contributed by atoms with E-state index >= 15 is 0 Å². The largest absolute Gasteiger partial charge is 0.463 e. The molecule has 0 aliphatic rings. The predicted molar refractivity (Wildman–Crippen MR) is 66.4 cm³/mol. The molecule has 1 heterocycles. The number of carbonyl (C=O) groups excluding carboxylic acids is 1. The number of methoxy groups -OCH3 is 1. The summed E-state index contributed by atoms with van der Waals surface area (Å²) in [6.45, 7) is 2.26. The SMILES string of the molecule is COC(=O)c1ccc(C(C)NCCCCC(F)(F)F)o1. The Balaban J connectivity index is 2.31. The minimum atomic E-state index is -4.10. The first-order valence-electron chi connectivity index (χ1n) is 6.31. The van der Waals surface area contributed by atoms with Gasteiger partial charge in [0.2, 0.25) is 5.76 Å². The third-order valence-electron chi connectivity index (χ3n) is 2.78. The molecule has 0 radical (unpaired) electrons. The topological polar surface area (TPSA) is 51.5 Å². The Kier molecular flexibility index (Phi) is 6.06. The molecule has 4 nitrogen and oxygen atoms in total. The monoisotopic (exact) mass is 293 g/mol. The molecule has 0 aliphatic carbocycles. The molecular formula is C13H18F3NO3. The molecule has 0 amide bonds. The van der Waals surface area contributed by atoms with Crippen molar-refractivity contribution in [1.29, 1.82) is 0 Å². The molecule has 7 heteroatoms. The summed E-state index contributed by atoms with van der Waals surface area (Å²) >= 11 is 0. The van der Waals surface area contributed by atoms with Gasteiger partial charge in [-0.25, -0.2) is 4.79 Å². The number of unbranched alkanes of at least 4 members (excludes halogenated alkanes) is 1. The van der Waals surface area contributed by atoms with Gasteiger partial charge in [-0.05, 0) is 38.4 Å². The number of furan rings is 1. The van der Waals surface area contributed by atoms with Gasteiger partial charge in [-0.15, -0.1) is 0 Å². The molecule has 0 saturated heterocycles. The third-order valence-corrected chi connectivity index (χ3v) is 2.78. The van der Waals surface area contributed by atoms with E-state index in [2.05, 4.69) is 10.1 Å². The first kappa shape index (κ1) is 16.6. The van der Waals surface area contributed by atoms with Gasteiger partial charge in [0.15, 0.2) is 0 Å². The molecule has 0 spiro atoms. The van der Waals surface area contributed by atoms with E-state index in [1.54, 1.807) is 6.07 Å². The van der Waals surface area contributed by atoms with E-state index in [1.807, 2.05) is 6.92 Å². The number of esters is 1. The molecule has 1 unspecified atom stereocenters. The van der Waals surface area contributed by atoms with E-state index in [1.165, 1.54) is 13.2 Å². The highest BCUT2D eigenvalue weighted by Crippen LogP contribution is 2.22. The standard InChI is InChI=1S/C13H18F3NO3/c1-9(17-8-4-3-7-13(14,15)16)10-5-6-11(20-10)12(18)19-2/h5-6,9,17H,3-4,7-8H2,1-2H3. The molecule has 1 aromatic heterocycles. The van der Waals surface area contributed by atoms with E-state index in [9.17, 15) is 18.0 Å². The molecule has 1 atom stereocenters. The molecule has 1 aromatic rings. The fraction of sp³-hybridized carbons (Fsp3) is 0.615. The average Bonchev–Trinajstić information content (AvgIpc) is 2.85. The highest BCUT2D eigenvalue weighted by atomic mass is 19.4. The average molecular weight is 293 g/mol. The quantitative estimate of drug-likeness (QED) is 0.618. The zero-order valence-electron chi connectivity index (χ0n) is 11.4. The van der Waals surface area contributed by atoms with Crippen LogP contribution in [0.25, 0.3) is 0 Å². The maximum absolute atomic E-state index is 11.9. The molecule has 1 rings (SSSR count). The Bertz CT molecular complexity index is 429. The van der Waals surface area contributed by atoms with E-state index in [4.69, 9.17) is 4.42 Å². The second-order valence-corrected chi connectivity index (χ2v) is 4.44. The zero-order valence-corrected chi connectivity index (χ0v) is 11.4. The van der Waals surface area contributed by atoms with Gasteiger partial charge in [0.1, 0.15) is 5.76 Å². The van der Waals surface area contributed by atoms with Crippen molar-refractivity contribution >= 4 is 5.97 Å². The summed E-state index contributed by atoms with van der Waals surface area (Å²) in [5.74, 6) is 0.0862. The summed E-state index contributed by atoms with van der Waals surface area (Å²) < 4.78 is 45.6. The normalized spacial score (nSPS) is 13.2. The van der Waals surface area contributed by atoms with Crippen molar-refractivity contribution in [3.05, 3.63) is 23.7 Å². The van der Waals surface area contributed by atoms with Crippen molar-refractivity contribution in [2.24, 2.45) is 0 Å². The lowest BCUT2D eigenvalue weighted by molar-refractivity contribution is -0.135. The van der Waals surface area contributed by atoms with E-state index < -0.39 is 18.6 Å². The summed E-state index contributed by atoms with van der Waals surface area (Å²) in [6, 6.07) is 2.96. The molecule has 20 heavy (non-hydrogen) atoms. The van der Waals surface area contributed by atoms with Crippen molar-refractivity contribution in [3.8, 4) is 0 Å². The molecule has 0 aliphatic heterocycles. The second-order valence-electron chi connectivity index (χ2n) is 4.44. The highest BCUT2D eigenvalue weighted by Gasteiger charge is 2.25. The molecule has 0 aromatic carbocycles. The van der Waals surface area contributed by atoms with Gasteiger partial charge in [0, 0.05) is 6.42 Å². The van der Waals surface area contributed by atoms with Crippen LogP contribution in [-0.2, 0) is 4.74 Å². The minimum absolute atomic E-state index is 0.0920. The van der Waals surface area contributed by atoms with Crippen LogP contribution in [0, 0.1) is 0 Å². The summed E-state index contributed by atoms with van der Waals surface area (Å²) in [7, 11) is 1.26. The van der Waals surface area contributed by atoms with Gasteiger partial charge < -0.3 is 14.5 Å². The van der Waals surface area contributed by atoms with Gasteiger partial charge in [-0.1, -0.05) is 0 Å². The van der Waals surface area contributed by atoms with Crippen molar-refractivity contribution < 1.29 is 27.1 Å². The van der Waals surface area contributed by atoms with Crippen LogP contribution in [0.5, 0.6) is 0 Å². The number of hydrogen-bond donors (Lipinski definition) is 1. The van der Waals surface area contributed by atoms with Crippen LogP contribution in [0.15, 0.2) is 16.5 Å². The van der Waals surface area contributed by atoms with Crippen molar-refractivity contribution in [3.63, 3.8) is 0 Å². The number of halogens is 3. The summed E-state index contributed by atoms with van der Waals surface area (Å²) in [6.07, 6.45) is -4.35. The van der Waals surface area contributed by atoms with Crippen LogP contribution in [0.2, 0.25) is 0 Å². The first-order chi connectivity index (χ1) is 9.33. The number of carbonyl (C=O) groups is 1. The number of rotatable bonds is 7. The summed E-state index contributed by atoms with van der Waals surface area (Å²) in [4.78, 5) is 11.2. The molecular weight excluding hydrogens is 275 g/mol. The van der Waals surface area contributed by atoms with Crippen LogP contribution >= 0.6 is 0 Å². The molecule has 0 fully saturated rings. The summed E-state index contributed by atoms with van der Waals surface area (Å²) in [5, 5.41) is 3.04. The smallest absolute Gasteiger partial charge is 0.389 e. The van der Waals surface area contributed by atoms with Crippen LogP contribution in [-0.4, -0.2) is 25.8 Å². The first-order valence-corrected chi connectivity index (χ1v) is 6.31. The second kappa shape index (κ2) is 7.33. The lowest BCUT2D eigenvalue weighted by atomic mass is 10.2. The zero-order chi connectivity index (χ0) is 15.2. The maximum atomic E-state index is 11.9. The van der Waals surface area contributed by atoms with Gasteiger partial charge in [0.05, 0.1) is 13.2 Å². The molecule has 0 bridgehead atoms. The fourth-order valence-electron chi connectivity index (χ4n) is 1.67. The number of hydrogen-bond acceptors (Lipinski definition) is 4. The molecule has 114 valence electrons. The lowest BCUT2D eigenvalue weighted by Crippen LogP contribution is -2.20. The highest BCUT2D eigenvalue weighted by molar-refractivity contribution is 5.86. The van der Waals surface area contributed by atoms with Gasteiger partial charge in [-0.2, -0.15) is 13.2 Å². The van der Waals surface area contributed by atoms with Gasteiger partial charge in [0.25, 0.3) is 0 Å². The predicted octanol–water partition coefficient (Wildman–Crippen LogP) is 3.45. The Labute approximate surface area is 115 Å². The van der Waals surface area contributed by atoms with E-state index in [-0.39, 0.29) is 18.2 Å². The van der Waals surface area contributed by atoms with Gasteiger partial charge >= 0.3 is 12.1 Å². The minimum Gasteiger partial charge on any atom is -0.463 e. The number of nitrogens with one attached hydrogen (secondary N) is 1. The van der Waals surface area contributed by atoms with Crippen LogP contribution in [0.4, 0.5) is 13.2 Å². The third kappa shape index (κ3) is 5.64. The molecule has 1 N–H and O–H groups in total. The Morgan fingerprint density at radius 1 is 1.40 bits per heavy atom. The van der Waals surface area contributed by atoms with Crippen molar-refractivity contribution in [1.82, 2.24) is 5.32 Å². The van der Waals surface area contributed by atoms with Crippen molar-refractivity contribution in [2.45, 2.75) is 38.4 Å². The fourth-order valence-corrected chi connectivity index (χ4v) is 1.67. The van der Waals surface area contributed by atoms with Crippen LogP contribution in [0.3, 0.4) is 0 Å². The van der Waals surface area contributed by atoms with Crippen molar-refractivity contribution in [2.75, 3.05) is 13.7 Å². The molecule has 0 saturated carbocycles. The van der Waals surface area contributed by atoms with Crippen LogP contribution in [0.1, 0.15) is 48.5 Å². The Morgan fingerprint density at radius 3 is 2.70 bits per heavy atom. The Hall–Kier alpha value is -1.50. The van der Waals surface area contributed by atoms with E-state index in [0.717, 1.165) is 0 Å². The number of alkyl halides is 3. The summed E-state index contributed by atoms with van der Waals surface area (Å²) in [5.41, 5.74) is 0.